The standard InChI is InChI=1S/C10H22O6S2/c11-5-3-9-17(13,14)7-1-2-8-18(15,16)10-4-6-12/h11-12H,1-10H2. The van der Waals surface area contributed by atoms with Gasteiger partial charge in [-0.05, 0) is 25.7 Å². The second-order valence-corrected chi connectivity index (χ2v) is 8.77. The van der Waals surface area contributed by atoms with Crippen molar-refractivity contribution < 1.29 is 27.0 Å². The van der Waals surface area contributed by atoms with Crippen LogP contribution in [0, 0.1) is 0 Å². The molecule has 0 aliphatic rings. The first-order valence-electron chi connectivity index (χ1n) is 5.95. The van der Waals surface area contributed by atoms with Crippen molar-refractivity contribution in [3.8, 4) is 0 Å². The average Bonchev–Trinajstić information content (AvgIpc) is 2.30. The van der Waals surface area contributed by atoms with Gasteiger partial charge in [-0.3, -0.25) is 0 Å². The number of hydrogen-bond acceptors (Lipinski definition) is 6. The van der Waals surface area contributed by atoms with E-state index in [1.807, 2.05) is 0 Å². The van der Waals surface area contributed by atoms with Gasteiger partial charge in [-0.2, -0.15) is 0 Å². The van der Waals surface area contributed by atoms with Gasteiger partial charge in [-0.15, -0.1) is 0 Å². The fourth-order valence-corrected chi connectivity index (χ4v) is 4.25. The number of sulfone groups is 2. The van der Waals surface area contributed by atoms with E-state index < -0.39 is 19.7 Å². The molecule has 0 saturated carbocycles. The Balaban J connectivity index is 3.86. The number of hydrogen-bond donors (Lipinski definition) is 2. The summed E-state index contributed by atoms with van der Waals surface area (Å²) in [6.07, 6.45) is 1.06. The Morgan fingerprint density at radius 2 is 0.833 bits per heavy atom. The van der Waals surface area contributed by atoms with Gasteiger partial charge in [-0.1, -0.05) is 0 Å². The lowest BCUT2D eigenvalue weighted by Crippen LogP contribution is -2.15. The summed E-state index contributed by atoms with van der Waals surface area (Å²) in [5.74, 6) is -0.188. The molecule has 0 amide bonds. The first-order valence-corrected chi connectivity index (χ1v) is 9.60. The summed E-state index contributed by atoms with van der Waals surface area (Å²) in [6, 6.07) is 0. The van der Waals surface area contributed by atoms with Crippen LogP contribution < -0.4 is 0 Å². The normalized spacial score (nSPS) is 12.8. The summed E-state index contributed by atoms with van der Waals surface area (Å²) in [5, 5.41) is 17.1. The molecule has 6 nitrogen and oxygen atoms in total. The third-order valence-corrected chi connectivity index (χ3v) is 6.03. The number of aliphatic hydroxyl groups is 2. The van der Waals surface area contributed by atoms with Gasteiger partial charge in [0, 0.05) is 13.2 Å². The molecule has 18 heavy (non-hydrogen) atoms. The van der Waals surface area contributed by atoms with Crippen molar-refractivity contribution in [3.63, 3.8) is 0 Å². The molecule has 0 aromatic heterocycles. The summed E-state index contributed by atoms with van der Waals surface area (Å²) in [6.45, 7) is -0.316. The number of aliphatic hydroxyl groups excluding tert-OH is 2. The van der Waals surface area contributed by atoms with Crippen LogP contribution in [0.25, 0.3) is 0 Å². The van der Waals surface area contributed by atoms with Crippen molar-refractivity contribution in [3.05, 3.63) is 0 Å². The van der Waals surface area contributed by atoms with E-state index in [4.69, 9.17) is 10.2 Å². The zero-order valence-electron chi connectivity index (χ0n) is 10.4. The van der Waals surface area contributed by atoms with Crippen LogP contribution in [0.3, 0.4) is 0 Å². The van der Waals surface area contributed by atoms with Crippen molar-refractivity contribution in [1.82, 2.24) is 0 Å². The van der Waals surface area contributed by atoms with E-state index in [-0.39, 0.29) is 49.1 Å². The topological polar surface area (TPSA) is 109 Å². The molecule has 0 bridgehead atoms. The predicted molar refractivity (Wildman–Crippen MR) is 69.9 cm³/mol. The van der Waals surface area contributed by atoms with E-state index in [0.717, 1.165) is 0 Å². The van der Waals surface area contributed by atoms with Crippen molar-refractivity contribution >= 4 is 19.7 Å². The smallest absolute Gasteiger partial charge is 0.150 e. The van der Waals surface area contributed by atoms with Crippen molar-refractivity contribution in [2.24, 2.45) is 0 Å². The van der Waals surface area contributed by atoms with Crippen LogP contribution in [0.2, 0.25) is 0 Å². The fourth-order valence-electron chi connectivity index (χ4n) is 1.42. The van der Waals surface area contributed by atoms with Gasteiger partial charge in [-0.25, -0.2) is 16.8 Å². The minimum Gasteiger partial charge on any atom is -0.396 e. The largest absolute Gasteiger partial charge is 0.396 e. The highest BCUT2D eigenvalue weighted by Crippen LogP contribution is 2.03. The van der Waals surface area contributed by atoms with Gasteiger partial charge in [0.2, 0.25) is 0 Å². The Bertz CT molecular complexity index is 358. The molecule has 0 unspecified atom stereocenters. The number of rotatable bonds is 11. The molecule has 0 aliphatic heterocycles. The lowest BCUT2D eigenvalue weighted by molar-refractivity contribution is 0.295. The SMILES string of the molecule is O=S(=O)(CCCO)CCCCS(=O)(=O)CCCO. The van der Waals surface area contributed by atoms with Crippen LogP contribution >= 0.6 is 0 Å². The zero-order valence-corrected chi connectivity index (χ0v) is 12.0. The van der Waals surface area contributed by atoms with Gasteiger partial charge >= 0.3 is 0 Å². The second kappa shape index (κ2) is 8.84. The van der Waals surface area contributed by atoms with Gasteiger partial charge in [0.05, 0.1) is 23.0 Å². The molecule has 0 spiro atoms. The molecule has 0 radical (unpaired) electrons. The van der Waals surface area contributed by atoms with E-state index in [1.165, 1.54) is 0 Å². The molecule has 0 rings (SSSR count). The molecule has 110 valence electrons. The van der Waals surface area contributed by atoms with E-state index in [9.17, 15) is 16.8 Å². The average molecular weight is 302 g/mol. The van der Waals surface area contributed by atoms with Crippen LogP contribution in [-0.2, 0) is 19.7 Å². The highest BCUT2D eigenvalue weighted by atomic mass is 32.2. The van der Waals surface area contributed by atoms with E-state index >= 15 is 0 Å². The second-order valence-electron chi connectivity index (χ2n) is 4.17. The third kappa shape index (κ3) is 9.81. The van der Waals surface area contributed by atoms with Crippen molar-refractivity contribution in [2.45, 2.75) is 25.7 Å². The molecule has 0 heterocycles. The highest BCUT2D eigenvalue weighted by molar-refractivity contribution is 7.91. The molecule has 0 aromatic rings. The summed E-state index contributed by atoms with van der Waals surface area (Å²) in [7, 11) is -6.35. The van der Waals surface area contributed by atoms with Crippen LogP contribution in [0.4, 0.5) is 0 Å². The third-order valence-electron chi connectivity index (χ3n) is 2.39. The molecule has 0 fully saturated rings. The summed E-state index contributed by atoms with van der Waals surface area (Å²) >= 11 is 0. The molecular weight excluding hydrogens is 280 g/mol. The van der Waals surface area contributed by atoms with Crippen LogP contribution in [-0.4, -0.2) is 63.3 Å². The maximum atomic E-state index is 11.4. The summed E-state index contributed by atoms with van der Waals surface area (Å²) < 4.78 is 45.6. The zero-order chi connectivity index (χ0) is 14.1. The predicted octanol–water partition coefficient (Wildman–Crippen LogP) is -0.639. The van der Waals surface area contributed by atoms with Crippen LogP contribution in [0.1, 0.15) is 25.7 Å². The van der Waals surface area contributed by atoms with Crippen LogP contribution in [0.15, 0.2) is 0 Å². The molecule has 0 saturated heterocycles. The molecule has 0 atom stereocenters. The quantitative estimate of drug-likeness (QED) is 0.491. The fraction of sp³-hybridized carbons (Fsp3) is 1.00. The Morgan fingerprint density at radius 3 is 1.11 bits per heavy atom. The maximum Gasteiger partial charge on any atom is 0.150 e. The Labute approximate surface area is 109 Å². The monoisotopic (exact) mass is 302 g/mol. The van der Waals surface area contributed by atoms with Crippen LogP contribution in [0.5, 0.6) is 0 Å². The van der Waals surface area contributed by atoms with Gasteiger partial charge in [0.25, 0.3) is 0 Å². The van der Waals surface area contributed by atoms with Crippen molar-refractivity contribution in [1.29, 1.82) is 0 Å². The Morgan fingerprint density at radius 1 is 0.556 bits per heavy atom. The maximum absolute atomic E-state index is 11.4. The summed E-state index contributed by atoms with van der Waals surface area (Å²) in [4.78, 5) is 0. The molecule has 0 aromatic carbocycles. The summed E-state index contributed by atoms with van der Waals surface area (Å²) in [5.41, 5.74) is 0. The first-order chi connectivity index (χ1) is 8.33. The number of unbranched alkanes of at least 4 members (excludes halogenated alkanes) is 1. The highest BCUT2D eigenvalue weighted by Gasteiger charge is 2.13. The minimum absolute atomic E-state index is 0.0392. The van der Waals surface area contributed by atoms with E-state index in [0.29, 0.717) is 12.8 Å². The Hall–Kier alpha value is -0.180. The van der Waals surface area contributed by atoms with Crippen molar-refractivity contribution in [2.75, 3.05) is 36.2 Å². The minimum atomic E-state index is -3.17. The lowest BCUT2D eigenvalue weighted by Gasteiger charge is -2.04. The molecular formula is C10H22O6S2. The first kappa shape index (κ1) is 17.8. The van der Waals surface area contributed by atoms with Gasteiger partial charge < -0.3 is 10.2 Å². The van der Waals surface area contributed by atoms with Gasteiger partial charge in [0.15, 0.2) is 0 Å². The lowest BCUT2D eigenvalue weighted by atomic mass is 10.4. The molecule has 8 heteroatoms. The Kier molecular flexibility index (Phi) is 8.75. The molecule has 0 aliphatic carbocycles. The molecule has 2 N–H and O–H groups in total. The van der Waals surface area contributed by atoms with Gasteiger partial charge in [0.1, 0.15) is 19.7 Å². The van der Waals surface area contributed by atoms with E-state index in [2.05, 4.69) is 0 Å². The van der Waals surface area contributed by atoms with E-state index in [1.54, 1.807) is 0 Å².